The van der Waals surface area contributed by atoms with Crippen LogP contribution in [0.3, 0.4) is 0 Å². The van der Waals surface area contributed by atoms with Crippen LogP contribution >= 0.6 is 0 Å². The van der Waals surface area contributed by atoms with E-state index >= 15 is 0 Å². The van der Waals surface area contributed by atoms with E-state index in [2.05, 4.69) is 38.8 Å². The van der Waals surface area contributed by atoms with E-state index in [0.717, 1.165) is 19.3 Å². The number of hydrogen-bond acceptors (Lipinski definition) is 11. The summed E-state index contributed by atoms with van der Waals surface area (Å²) in [7, 11) is 0. The van der Waals surface area contributed by atoms with Gasteiger partial charge >= 0.3 is 0 Å². The van der Waals surface area contributed by atoms with Crippen LogP contribution in [0.15, 0.2) is 0 Å². The lowest BCUT2D eigenvalue weighted by atomic mass is 10.0. The molecule has 0 aromatic heterocycles. The van der Waals surface area contributed by atoms with Gasteiger partial charge in [0.15, 0.2) is 0 Å². The maximum Gasteiger partial charge on any atom is 0.248 e. The Morgan fingerprint density at radius 2 is 1.26 bits per heavy atom. The third kappa shape index (κ3) is 21.1. The van der Waals surface area contributed by atoms with E-state index in [1.165, 1.54) is 70.6 Å². The average Bonchev–Trinajstić information content (AvgIpc) is 3.69. The molecule has 0 aromatic carbocycles. The number of carbonyl (C=O) groups excluding carboxylic acids is 9. The summed E-state index contributed by atoms with van der Waals surface area (Å²) in [5, 5.41) is 35.8. The third-order valence-electron chi connectivity index (χ3n) is 10.5. The van der Waals surface area contributed by atoms with Gasteiger partial charge in [-0.1, -0.05) is 85.0 Å². The minimum Gasteiger partial charge on any atom is -0.391 e. The van der Waals surface area contributed by atoms with Gasteiger partial charge in [-0.05, 0) is 52.4 Å². The van der Waals surface area contributed by atoms with Crippen LogP contribution in [0.2, 0.25) is 0 Å². The zero-order valence-electron chi connectivity index (χ0n) is 37.1. The number of amides is 8. The van der Waals surface area contributed by atoms with Crippen LogP contribution in [0.25, 0.3) is 0 Å². The second kappa shape index (κ2) is 29.6. The summed E-state index contributed by atoms with van der Waals surface area (Å²) in [6.45, 7) is 9.45. The number of carbonyl (C=O) groups is 9. The molecule has 8 atom stereocenters. The van der Waals surface area contributed by atoms with Crippen molar-refractivity contribution in [1.82, 2.24) is 36.8 Å². The minimum atomic E-state index is -1.62. The van der Waals surface area contributed by atoms with Gasteiger partial charge in [0.05, 0.1) is 25.2 Å². The minimum absolute atomic E-state index is 0.00120. The largest absolute Gasteiger partial charge is 0.391 e. The molecular formula is C42H74N8O11. The first-order valence-electron chi connectivity index (χ1n) is 22.0. The van der Waals surface area contributed by atoms with E-state index in [1.807, 2.05) is 13.8 Å². The zero-order valence-corrected chi connectivity index (χ0v) is 37.1. The van der Waals surface area contributed by atoms with Gasteiger partial charge in [0.25, 0.3) is 0 Å². The Morgan fingerprint density at radius 1 is 0.689 bits per heavy atom. The zero-order chi connectivity index (χ0) is 46.1. The Hall–Kier alpha value is -4.65. The highest BCUT2D eigenvalue weighted by Gasteiger charge is 2.41. The van der Waals surface area contributed by atoms with E-state index in [1.54, 1.807) is 0 Å². The van der Waals surface area contributed by atoms with E-state index in [-0.39, 0.29) is 44.2 Å². The van der Waals surface area contributed by atoms with E-state index < -0.39 is 96.2 Å². The summed E-state index contributed by atoms with van der Waals surface area (Å²) in [4.78, 5) is 116. The maximum atomic E-state index is 13.9. The topological polar surface area (TPSA) is 296 Å². The van der Waals surface area contributed by atoms with E-state index in [0.29, 0.717) is 19.1 Å². The SMILES string of the molecule is CCCCCCCCCCCCCC(=O)N[C@@H](CC(C)C)C(=O)N[C@H](C(=O)N1CCC[C@@H]1C(=O)N[C@H](C(=O)N[C@@H](C)C(=O)N[C@@H](CC(N)=O)C(=O)NCC=O)C(C)O)C(C)O. The lowest BCUT2D eigenvalue weighted by molar-refractivity contribution is -0.145. The molecular weight excluding hydrogens is 793 g/mol. The predicted molar refractivity (Wildman–Crippen MR) is 227 cm³/mol. The maximum absolute atomic E-state index is 13.9. The Balaban J connectivity index is 2.90. The molecule has 1 rings (SSSR count). The number of aldehydes is 1. The smallest absolute Gasteiger partial charge is 0.248 e. The van der Waals surface area contributed by atoms with Gasteiger partial charge in [0.1, 0.15) is 42.5 Å². The number of aliphatic hydroxyl groups excluding tert-OH is 2. The normalized spacial score (nSPS) is 17.1. The molecule has 0 spiro atoms. The molecule has 19 heteroatoms. The van der Waals surface area contributed by atoms with Crippen molar-refractivity contribution >= 4 is 53.5 Å². The summed E-state index contributed by atoms with van der Waals surface area (Å²) in [6.07, 6.45) is 10.4. The van der Waals surface area contributed by atoms with Crippen LogP contribution in [0.5, 0.6) is 0 Å². The number of hydrogen-bond donors (Lipinski definition) is 9. The summed E-state index contributed by atoms with van der Waals surface area (Å²) >= 11 is 0. The van der Waals surface area contributed by atoms with E-state index in [4.69, 9.17) is 5.73 Å². The number of primary amides is 1. The third-order valence-corrected chi connectivity index (χ3v) is 10.5. The van der Waals surface area contributed by atoms with Crippen LogP contribution in [0.1, 0.15) is 144 Å². The molecule has 1 aliphatic rings. The molecule has 19 nitrogen and oxygen atoms in total. The second-order valence-corrected chi connectivity index (χ2v) is 16.6. The summed E-state index contributed by atoms with van der Waals surface area (Å²) in [5.74, 6) is -6.23. The van der Waals surface area contributed by atoms with Crippen molar-refractivity contribution in [3.05, 3.63) is 0 Å². The van der Waals surface area contributed by atoms with Gasteiger partial charge in [-0.15, -0.1) is 0 Å². The highest BCUT2D eigenvalue weighted by atomic mass is 16.3. The quantitative estimate of drug-likeness (QED) is 0.0333. The number of rotatable bonds is 31. The van der Waals surface area contributed by atoms with Crippen molar-refractivity contribution in [3.8, 4) is 0 Å². The predicted octanol–water partition coefficient (Wildman–Crippen LogP) is 0.121. The van der Waals surface area contributed by atoms with Gasteiger partial charge in [0.2, 0.25) is 47.3 Å². The summed E-state index contributed by atoms with van der Waals surface area (Å²) in [5.41, 5.74) is 5.18. The van der Waals surface area contributed by atoms with Gasteiger partial charge in [-0.2, -0.15) is 0 Å². The molecule has 2 unspecified atom stereocenters. The molecule has 0 saturated carbocycles. The molecule has 1 saturated heterocycles. The first-order valence-corrected chi connectivity index (χ1v) is 22.0. The molecule has 0 aromatic rings. The van der Waals surface area contributed by atoms with Gasteiger partial charge in [-0.25, -0.2) is 0 Å². The standard InChI is InChI=1S/C42H74N8O11/c1-7-8-9-10-11-12-13-14-15-16-17-20-34(55)46-30(24-26(2)3)39(58)49-36(29(6)53)42(61)50-22-18-19-32(50)40(59)48-35(28(5)52)41(60)45-27(4)37(56)47-31(25-33(43)54)38(57)44-21-23-51/h23,26-32,35-36,52-53H,7-22,24-25H2,1-6H3,(H2,43,54)(H,44,57)(H,45,60)(H,46,55)(H,47,56)(H,48,59)(H,49,58)/t27-,28?,29?,30-,31-,32+,35-,36-/m0/s1. The van der Waals surface area contributed by atoms with Crippen molar-refractivity contribution in [1.29, 1.82) is 0 Å². The first kappa shape index (κ1) is 54.4. The van der Waals surface area contributed by atoms with Crippen LogP contribution in [0.4, 0.5) is 0 Å². The van der Waals surface area contributed by atoms with Crippen molar-refractivity contribution in [2.24, 2.45) is 11.7 Å². The Morgan fingerprint density at radius 3 is 1.79 bits per heavy atom. The van der Waals surface area contributed by atoms with Crippen molar-refractivity contribution in [2.45, 2.75) is 193 Å². The highest BCUT2D eigenvalue weighted by Crippen LogP contribution is 2.20. The van der Waals surface area contributed by atoms with Crippen molar-refractivity contribution < 1.29 is 53.4 Å². The van der Waals surface area contributed by atoms with Gasteiger partial charge in [-0.3, -0.25) is 38.4 Å². The molecule has 348 valence electrons. The molecule has 0 aliphatic carbocycles. The van der Waals surface area contributed by atoms with E-state index in [9.17, 15) is 53.4 Å². The molecule has 1 heterocycles. The second-order valence-electron chi connectivity index (χ2n) is 16.6. The lowest BCUT2D eigenvalue weighted by Crippen LogP contribution is -2.62. The molecule has 10 N–H and O–H groups in total. The number of nitrogens with two attached hydrogens (primary N) is 1. The van der Waals surface area contributed by atoms with Crippen LogP contribution < -0.4 is 37.6 Å². The number of likely N-dealkylation sites (tertiary alicyclic amines) is 1. The van der Waals surface area contributed by atoms with Gasteiger partial charge < -0.3 is 57.5 Å². The molecule has 1 fully saturated rings. The molecule has 0 radical (unpaired) electrons. The molecule has 1 aliphatic heterocycles. The fourth-order valence-corrected chi connectivity index (χ4v) is 7.04. The Labute approximate surface area is 360 Å². The number of unbranched alkanes of at least 4 members (excludes halogenated alkanes) is 10. The Bertz CT molecular complexity index is 1440. The monoisotopic (exact) mass is 867 g/mol. The van der Waals surface area contributed by atoms with Crippen LogP contribution in [-0.2, 0) is 43.2 Å². The highest BCUT2D eigenvalue weighted by molar-refractivity contribution is 5.98. The van der Waals surface area contributed by atoms with Crippen molar-refractivity contribution in [2.75, 3.05) is 13.1 Å². The average molecular weight is 867 g/mol. The lowest BCUT2D eigenvalue weighted by Gasteiger charge is -2.32. The molecule has 0 bridgehead atoms. The Kier molecular flexibility index (Phi) is 26.4. The van der Waals surface area contributed by atoms with Crippen LogP contribution in [0, 0.1) is 5.92 Å². The van der Waals surface area contributed by atoms with Gasteiger partial charge in [0, 0.05) is 13.0 Å². The molecule has 8 amide bonds. The summed E-state index contributed by atoms with van der Waals surface area (Å²) < 4.78 is 0. The fraction of sp³-hybridized carbons (Fsp3) is 0.786. The first-order chi connectivity index (χ1) is 28.8. The molecule has 61 heavy (non-hydrogen) atoms. The fourth-order valence-electron chi connectivity index (χ4n) is 7.04. The van der Waals surface area contributed by atoms with Crippen molar-refractivity contribution in [3.63, 3.8) is 0 Å². The number of nitrogens with zero attached hydrogens (tertiary/aromatic N) is 1. The summed E-state index contributed by atoms with van der Waals surface area (Å²) in [6, 6.07) is -8.04. The number of aliphatic hydroxyl groups is 2. The van der Waals surface area contributed by atoms with Crippen LogP contribution in [-0.4, -0.2) is 130 Å². The number of nitrogens with one attached hydrogen (secondary N) is 6.